The van der Waals surface area contributed by atoms with E-state index in [4.69, 9.17) is 5.14 Å². The van der Waals surface area contributed by atoms with Crippen LogP contribution >= 0.6 is 0 Å². The number of rotatable bonds is 8. The number of halogens is 5. The Balaban J connectivity index is 1.53. The van der Waals surface area contributed by atoms with Crippen LogP contribution < -0.4 is 26.4 Å². The summed E-state index contributed by atoms with van der Waals surface area (Å²) in [5, 5.41) is 15.8. The second kappa shape index (κ2) is 12.0. The smallest absolute Gasteiger partial charge is 0.370 e. The lowest BCUT2D eigenvalue weighted by Gasteiger charge is -2.14. The fraction of sp³-hybridized carbons (Fsp3) is 0.111. The number of benzene rings is 3. The number of anilines is 5. The normalized spacial score (nSPS) is 12.7. The zero-order valence-electron chi connectivity index (χ0n) is 21.9. The molecule has 0 spiro atoms. The average Bonchev–Trinajstić information content (AvgIpc) is 2.90. The molecule has 4 rings (SSSR count). The van der Waals surface area contributed by atoms with Crippen molar-refractivity contribution in [3.05, 3.63) is 84.1 Å². The van der Waals surface area contributed by atoms with Gasteiger partial charge in [0.2, 0.25) is 5.95 Å². The number of carbonyl (C=O) groups excluding carboxylic acids is 1. The lowest BCUT2D eigenvalue weighted by Crippen LogP contribution is -2.21. The van der Waals surface area contributed by atoms with Gasteiger partial charge in [0.25, 0.3) is 0 Å². The number of aromatic nitrogens is 2. The highest BCUT2D eigenvalue weighted by Gasteiger charge is 2.31. The maximum absolute atomic E-state index is 15.0. The third-order valence-corrected chi connectivity index (χ3v) is 6.74. The first-order valence-corrected chi connectivity index (χ1v) is 13.9. The summed E-state index contributed by atoms with van der Waals surface area (Å²) >= 11 is 0. The summed E-state index contributed by atoms with van der Waals surface area (Å²) < 4.78 is 79.8. The molecule has 6 N–H and O–H groups in total. The van der Waals surface area contributed by atoms with Gasteiger partial charge in [0.1, 0.15) is 17.5 Å². The van der Waals surface area contributed by atoms with Crippen LogP contribution in [-0.2, 0) is 15.9 Å². The molecule has 0 aliphatic rings. The van der Waals surface area contributed by atoms with E-state index in [2.05, 4.69) is 31.8 Å². The summed E-state index contributed by atoms with van der Waals surface area (Å²) in [6, 6.07) is 10.6. The van der Waals surface area contributed by atoms with Crippen molar-refractivity contribution in [1.29, 1.82) is 0 Å². The van der Waals surface area contributed by atoms with Crippen LogP contribution in [0, 0.1) is 11.6 Å². The number of nitrogens with one attached hydrogen (secondary N) is 4. The summed E-state index contributed by atoms with van der Waals surface area (Å²) in [4.78, 5) is 21.3. The summed E-state index contributed by atoms with van der Waals surface area (Å²) in [6.45, 7) is 2.29. The summed E-state index contributed by atoms with van der Waals surface area (Å²) in [6.07, 6.45) is -3.31. The van der Waals surface area contributed by atoms with Gasteiger partial charge in [-0.25, -0.2) is 22.8 Å². The molecule has 1 atom stereocenters. The van der Waals surface area contributed by atoms with Crippen molar-refractivity contribution in [1.82, 2.24) is 9.97 Å². The molecule has 0 radical (unpaired) electrons. The van der Waals surface area contributed by atoms with E-state index in [0.717, 1.165) is 6.07 Å². The molecular weight excluding hydrogens is 581 g/mol. The zero-order chi connectivity index (χ0) is 30.7. The molecule has 42 heavy (non-hydrogen) atoms. The number of amides is 2. The topological polar surface area (TPSA) is 134 Å². The first kappa shape index (κ1) is 30.2. The van der Waals surface area contributed by atoms with Gasteiger partial charge in [-0.1, -0.05) is 12.1 Å². The molecule has 0 aliphatic heterocycles. The van der Waals surface area contributed by atoms with E-state index in [1.165, 1.54) is 18.3 Å². The van der Waals surface area contributed by atoms with Gasteiger partial charge in [-0.3, -0.25) is 5.14 Å². The second-order valence-corrected chi connectivity index (χ2v) is 10.8. The van der Waals surface area contributed by atoms with E-state index in [9.17, 15) is 31.0 Å². The molecule has 3 aromatic carbocycles. The van der Waals surface area contributed by atoms with E-state index in [-0.39, 0.29) is 11.6 Å². The lowest BCUT2D eigenvalue weighted by atomic mass is 10.1. The Morgan fingerprint density at radius 3 is 2.40 bits per heavy atom. The van der Waals surface area contributed by atoms with Crippen molar-refractivity contribution >= 4 is 50.4 Å². The number of urea groups is 1. The van der Waals surface area contributed by atoms with E-state index >= 15 is 0 Å². The third-order valence-electron chi connectivity index (χ3n) is 5.69. The predicted molar refractivity (Wildman–Crippen MR) is 153 cm³/mol. The Morgan fingerprint density at radius 1 is 1.00 bits per heavy atom. The van der Waals surface area contributed by atoms with Crippen molar-refractivity contribution < 1.29 is 31.0 Å². The molecule has 0 saturated heterocycles. The largest absolute Gasteiger partial charge is 0.416 e. The van der Waals surface area contributed by atoms with Gasteiger partial charge in [-0.2, -0.15) is 18.2 Å². The van der Waals surface area contributed by atoms with Crippen molar-refractivity contribution in [2.24, 2.45) is 5.14 Å². The van der Waals surface area contributed by atoms with Crippen LogP contribution in [0.25, 0.3) is 11.1 Å². The van der Waals surface area contributed by atoms with Crippen LogP contribution in [0.2, 0.25) is 0 Å². The van der Waals surface area contributed by atoms with Gasteiger partial charge in [-0.15, -0.1) is 0 Å². The van der Waals surface area contributed by atoms with E-state index in [1.54, 1.807) is 24.3 Å². The van der Waals surface area contributed by atoms with Gasteiger partial charge in [0, 0.05) is 28.9 Å². The number of hydrogen-bond donors (Lipinski definition) is 5. The lowest BCUT2D eigenvalue weighted by molar-refractivity contribution is -0.137. The number of carbonyl (C=O) groups is 1. The Morgan fingerprint density at radius 2 is 1.74 bits per heavy atom. The van der Waals surface area contributed by atoms with Gasteiger partial charge < -0.3 is 21.3 Å². The average molecular weight is 606 g/mol. The Bertz CT molecular complexity index is 1750. The fourth-order valence-corrected chi connectivity index (χ4v) is 4.37. The van der Waals surface area contributed by atoms with Crippen molar-refractivity contribution in [2.75, 3.05) is 27.8 Å². The minimum absolute atomic E-state index is 0.177. The maximum atomic E-state index is 15.0. The summed E-state index contributed by atoms with van der Waals surface area (Å²) in [5.74, 6) is 2.01. The minimum atomic E-state index is -4.75. The molecule has 1 aromatic heterocycles. The van der Waals surface area contributed by atoms with Gasteiger partial charge in [0.15, 0.2) is 0 Å². The molecule has 1 unspecified atom stereocenters. The van der Waals surface area contributed by atoms with Crippen LogP contribution in [-0.4, -0.2) is 32.6 Å². The monoisotopic (exact) mass is 605 g/mol. The SMILES string of the molecule is C=S(N)(=O)c1cccc(Nc2ncc(-c3ccc(NC(=O)Nc4cc(C(F)(F)F)ccc4F)c(F)c3)c(NCC)n2)c1. The number of alkyl halides is 3. The summed E-state index contributed by atoms with van der Waals surface area (Å²) in [5.41, 5.74) is -0.937. The van der Waals surface area contributed by atoms with Crippen molar-refractivity contribution in [3.63, 3.8) is 0 Å². The Labute approximate surface area is 237 Å². The highest BCUT2D eigenvalue weighted by molar-refractivity contribution is 7.98. The minimum Gasteiger partial charge on any atom is -0.370 e. The van der Waals surface area contributed by atoms with E-state index in [1.807, 2.05) is 12.2 Å². The second-order valence-electron chi connectivity index (χ2n) is 8.83. The quantitative estimate of drug-likeness (QED) is 0.120. The summed E-state index contributed by atoms with van der Waals surface area (Å²) in [7, 11) is -2.93. The molecule has 0 aliphatic carbocycles. The highest BCUT2D eigenvalue weighted by Crippen LogP contribution is 2.33. The maximum Gasteiger partial charge on any atom is 0.416 e. The molecular formula is C27H24F5N7O2S. The predicted octanol–water partition coefficient (Wildman–Crippen LogP) is 6.21. The Hall–Kier alpha value is -4.76. The molecule has 2 amide bonds. The van der Waals surface area contributed by atoms with E-state index in [0.29, 0.717) is 52.3 Å². The van der Waals surface area contributed by atoms with Crippen molar-refractivity contribution in [2.45, 2.75) is 18.0 Å². The van der Waals surface area contributed by atoms with Crippen LogP contribution in [0.5, 0.6) is 0 Å². The first-order valence-electron chi connectivity index (χ1n) is 12.1. The van der Waals surface area contributed by atoms with Crippen molar-refractivity contribution in [3.8, 4) is 11.1 Å². The molecule has 220 valence electrons. The van der Waals surface area contributed by atoms with E-state index < -0.39 is 44.8 Å². The zero-order valence-corrected chi connectivity index (χ0v) is 22.7. The Kier molecular flexibility index (Phi) is 8.63. The number of nitrogens with zero attached hydrogens (tertiary/aromatic N) is 2. The van der Waals surface area contributed by atoms with Gasteiger partial charge >= 0.3 is 12.2 Å². The molecule has 0 saturated carbocycles. The number of hydrogen-bond acceptors (Lipinski definition) is 6. The third kappa shape index (κ3) is 7.30. The molecule has 15 heteroatoms. The van der Waals surface area contributed by atoms with Crippen LogP contribution in [0.1, 0.15) is 12.5 Å². The molecule has 0 fully saturated rings. The van der Waals surface area contributed by atoms with Crippen LogP contribution in [0.4, 0.5) is 55.6 Å². The van der Waals surface area contributed by atoms with Gasteiger partial charge in [0.05, 0.1) is 26.6 Å². The van der Waals surface area contributed by atoms with Crippen LogP contribution in [0.15, 0.2) is 71.8 Å². The molecule has 4 aromatic rings. The van der Waals surface area contributed by atoms with Gasteiger partial charge in [-0.05, 0) is 66.9 Å². The first-order chi connectivity index (χ1) is 19.7. The molecule has 0 bridgehead atoms. The fourth-order valence-electron chi connectivity index (χ4n) is 3.73. The highest BCUT2D eigenvalue weighted by atomic mass is 32.2. The molecule has 1 heterocycles. The van der Waals surface area contributed by atoms with Crippen LogP contribution in [0.3, 0.4) is 0 Å². The number of nitrogens with two attached hydrogens (primary N) is 1. The molecule has 9 nitrogen and oxygen atoms in total. The standard InChI is InChI=1S/C27H24F5N7O2S/c1-3-34-24-19(14-35-25(39-24)36-17-5-4-6-18(13-17)42(2,33)41)15-7-10-22(21(29)11-15)37-26(40)38-23-12-16(27(30,31)32)8-9-20(23)28/h4-14H,2-3H2,1H3,(H2,33,41)(H2,37,38,40)(H2,34,35,36,39).